The maximum atomic E-state index is 12.5. The van der Waals surface area contributed by atoms with Crippen molar-refractivity contribution in [2.75, 3.05) is 24.6 Å². The number of hydrogen-bond donors (Lipinski definition) is 1. The van der Waals surface area contributed by atoms with Gasteiger partial charge in [-0.1, -0.05) is 20.3 Å². The van der Waals surface area contributed by atoms with E-state index in [1.165, 1.54) is 24.3 Å². The third-order valence-corrected chi connectivity index (χ3v) is 5.31. The zero-order valence-electron chi connectivity index (χ0n) is 11.9. The lowest BCUT2D eigenvalue weighted by molar-refractivity contribution is -0.146. The third kappa shape index (κ3) is 3.65. The molecule has 0 bridgehead atoms. The van der Waals surface area contributed by atoms with Crippen LogP contribution >= 0.6 is 11.8 Å². The average Bonchev–Trinajstić information content (AvgIpc) is 2.42. The van der Waals surface area contributed by atoms with Crippen LogP contribution in [0.4, 0.5) is 0 Å². The van der Waals surface area contributed by atoms with E-state index in [1.54, 1.807) is 4.90 Å². The van der Waals surface area contributed by atoms with E-state index in [1.807, 2.05) is 18.7 Å². The van der Waals surface area contributed by atoms with E-state index >= 15 is 0 Å². The van der Waals surface area contributed by atoms with Crippen molar-refractivity contribution in [2.45, 2.75) is 39.2 Å². The molecule has 0 aromatic carbocycles. The van der Waals surface area contributed by atoms with Crippen LogP contribution in [0, 0.1) is 11.8 Å². The van der Waals surface area contributed by atoms with Crippen LogP contribution in [-0.4, -0.2) is 47.4 Å². The van der Waals surface area contributed by atoms with E-state index in [9.17, 15) is 9.59 Å². The number of nitrogens with zero attached hydrogens (tertiary/aromatic N) is 1. The van der Waals surface area contributed by atoms with Crippen molar-refractivity contribution in [2.24, 2.45) is 11.8 Å². The van der Waals surface area contributed by atoms with Gasteiger partial charge in [-0.05, 0) is 36.2 Å². The summed E-state index contributed by atoms with van der Waals surface area (Å²) in [6.07, 6.45) is 3.25. The molecule has 2 heterocycles. The van der Waals surface area contributed by atoms with Gasteiger partial charge >= 0.3 is 0 Å². The van der Waals surface area contributed by atoms with Gasteiger partial charge in [0.2, 0.25) is 11.8 Å². The molecule has 0 spiro atoms. The standard InChI is InChI=1S/C14H24N2O2S/c1-3-10(2)13-14(18)16(9-12(17)15-13)8-11-4-6-19-7-5-11/h10-11,13H,3-9H2,1-2H3,(H,15,17). The Morgan fingerprint density at radius 2 is 2.05 bits per heavy atom. The number of carbonyl (C=O) groups is 2. The smallest absolute Gasteiger partial charge is 0.245 e. The van der Waals surface area contributed by atoms with Gasteiger partial charge in [0.1, 0.15) is 6.04 Å². The molecule has 2 fully saturated rings. The van der Waals surface area contributed by atoms with E-state index in [2.05, 4.69) is 12.2 Å². The Labute approximate surface area is 119 Å². The highest BCUT2D eigenvalue weighted by molar-refractivity contribution is 7.99. The van der Waals surface area contributed by atoms with Crippen molar-refractivity contribution in [3.63, 3.8) is 0 Å². The third-order valence-electron chi connectivity index (χ3n) is 4.26. The number of carbonyl (C=O) groups excluding carboxylic acids is 2. The van der Waals surface area contributed by atoms with Gasteiger partial charge in [-0.2, -0.15) is 11.8 Å². The summed E-state index contributed by atoms with van der Waals surface area (Å²) in [5.41, 5.74) is 0. The van der Waals surface area contributed by atoms with E-state index < -0.39 is 0 Å². The summed E-state index contributed by atoms with van der Waals surface area (Å²) in [4.78, 5) is 26.0. The van der Waals surface area contributed by atoms with Crippen molar-refractivity contribution >= 4 is 23.6 Å². The summed E-state index contributed by atoms with van der Waals surface area (Å²) >= 11 is 1.99. The van der Waals surface area contributed by atoms with Crippen LogP contribution < -0.4 is 5.32 Å². The second-order valence-electron chi connectivity index (χ2n) is 5.71. The fraction of sp³-hybridized carbons (Fsp3) is 0.857. The van der Waals surface area contributed by atoms with Crippen molar-refractivity contribution in [3.05, 3.63) is 0 Å². The molecule has 2 amide bonds. The summed E-state index contributed by atoms with van der Waals surface area (Å²) in [6, 6.07) is -0.316. The highest BCUT2D eigenvalue weighted by Crippen LogP contribution is 2.24. The normalized spacial score (nSPS) is 27.3. The molecule has 1 N–H and O–H groups in total. The van der Waals surface area contributed by atoms with Crippen molar-refractivity contribution in [1.29, 1.82) is 0 Å². The van der Waals surface area contributed by atoms with Crippen LogP contribution in [0.1, 0.15) is 33.1 Å². The molecule has 0 aliphatic carbocycles. The Balaban J connectivity index is 1.98. The van der Waals surface area contributed by atoms with Gasteiger partial charge in [-0.25, -0.2) is 0 Å². The van der Waals surface area contributed by atoms with Gasteiger partial charge in [-0.3, -0.25) is 9.59 Å². The lowest BCUT2D eigenvalue weighted by Gasteiger charge is -2.37. The van der Waals surface area contributed by atoms with Crippen LogP contribution in [0.5, 0.6) is 0 Å². The fourth-order valence-corrected chi connectivity index (χ4v) is 3.95. The first-order chi connectivity index (χ1) is 9.11. The molecule has 108 valence electrons. The number of piperazine rings is 1. The fourth-order valence-electron chi connectivity index (χ4n) is 2.75. The van der Waals surface area contributed by atoms with Gasteiger partial charge in [0.25, 0.3) is 0 Å². The Hall–Kier alpha value is -0.710. The van der Waals surface area contributed by atoms with Gasteiger partial charge < -0.3 is 10.2 Å². The predicted molar refractivity (Wildman–Crippen MR) is 78.0 cm³/mol. The number of nitrogens with one attached hydrogen (secondary N) is 1. The molecule has 2 aliphatic rings. The van der Waals surface area contributed by atoms with Crippen LogP contribution in [-0.2, 0) is 9.59 Å². The van der Waals surface area contributed by atoms with Gasteiger partial charge in [0, 0.05) is 6.54 Å². The molecule has 2 rings (SSSR count). The van der Waals surface area contributed by atoms with Crippen LogP contribution in [0.3, 0.4) is 0 Å². The first-order valence-electron chi connectivity index (χ1n) is 7.27. The molecule has 4 nitrogen and oxygen atoms in total. The largest absolute Gasteiger partial charge is 0.342 e. The Morgan fingerprint density at radius 3 is 2.68 bits per heavy atom. The minimum atomic E-state index is -0.316. The van der Waals surface area contributed by atoms with Gasteiger partial charge in [-0.15, -0.1) is 0 Å². The summed E-state index contributed by atoms with van der Waals surface area (Å²) in [5.74, 6) is 3.28. The molecule has 2 atom stereocenters. The van der Waals surface area contributed by atoms with Gasteiger partial charge in [0.05, 0.1) is 6.54 Å². The highest BCUT2D eigenvalue weighted by Gasteiger charge is 2.36. The molecule has 5 heteroatoms. The Kier molecular flexibility index (Phi) is 5.13. The molecular formula is C14H24N2O2S. The van der Waals surface area contributed by atoms with Crippen LogP contribution in [0.2, 0.25) is 0 Å². The molecule has 0 aromatic heterocycles. The van der Waals surface area contributed by atoms with Crippen LogP contribution in [0.15, 0.2) is 0 Å². The summed E-state index contributed by atoms with van der Waals surface area (Å²) in [5, 5.41) is 2.85. The lowest BCUT2D eigenvalue weighted by atomic mass is 9.94. The molecule has 2 aliphatic heterocycles. The number of thioether (sulfide) groups is 1. The second kappa shape index (κ2) is 6.64. The van der Waals surface area contributed by atoms with E-state index in [-0.39, 0.29) is 30.3 Å². The van der Waals surface area contributed by atoms with Crippen molar-refractivity contribution < 1.29 is 9.59 Å². The summed E-state index contributed by atoms with van der Waals surface area (Å²) < 4.78 is 0. The van der Waals surface area contributed by atoms with Crippen molar-refractivity contribution in [1.82, 2.24) is 10.2 Å². The van der Waals surface area contributed by atoms with E-state index in [0.717, 1.165) is 13.0 Å². The summed E-state index contributed by atoms with van der Waals surface area (Å²) in [6.45, 7) is 5.10. The Morgan fingerprint density at radius 1 is 1.37 bits per heavy atom. The van der Waals surface area contributed by atoms with E-state index in [4.69, 9.17) is 0 Å². The van der Waals surface area contributed by atoms with E-state index in [0.29, 0.717) is 5.92 Å². The molecule has 19 heavy (non-hydrogen) atoms. The first-order valence-corrected chi connectivity index (χ1v) is 8.43. The highest BCUT2D eigenvalue weighted by atomic mass is 32.2. The second-order valence-corrected chi connectivity index (χ2v) is 6.93. The first kappa shape index (κ1) is 14.7. The topological polar surface area (TPSA) is 49.4 Å². The maximum Gasteiger partial charge on any atom is 0.245 e. The average molecular weight is 284 g/mol. The predicted octanol–water partition coefficient (Wildman–Crippen LogP) is 1.50. The van der Waals surface area contributed by atoms with Crippen LogP contribution in [0.25, 0.3) is 0 Å². The number of rotatable bonds is 4. The minimum Gasteiger partial charge on any atom is -0.342 e. The molecule has 0 radical (unpaired) electrons. The summed E-state index contributed by atoms with van der Waals surface area (Å²) in [7, 11) is 0. The molecular weight excluding hydrogens is 260 g/mol. The maximum absolute atomic E-state index is 12.5. The molecule has 0 saturated carbocycles. The number of amides is 2. The molecule has 2 saturated heterocycles. The molecule has 0 aromatic rings. The van der Waals surface area contributed by atoms with Gasteiger partial charge in [0.15, 0.2) is 0 Å². The zero-order chi connectivity index (χ0) is 13.8. The zero-order valence-corrected chi connectivity index (χ0v) is 12.7. The number of hydrogen-bond acceptors (Lipinski definition) is 3. The van der Waals surface area contributed by atoms with Crippen molar-refractivity contribution in [3.8, 4) is 0 Å². The quantitative estimate of drug-likeness (QED) is 0.851. The Bertz CT molecular complexity index is 342. The minimum absolute atomic E-state index is 0.00455. The lowest BCUT2D eigenvalue weighted by Crippen LogP contribution is -2.60. The SMILES string of the molecule is CCC(C)C1NC(=O)CN(CC2CCSCC2)C1=O. The monoisotopic (exact) mass is 284 g/mol. The molecule has 2 unspecified atom stereocenters.